The fraction of sp³-hybridized carbons (Fsp3) is 0. The van der Waals surface area contributed by atoms with Crippen LogP contribution < -0.4 is 9.64 Å². The summed E-state index contributed by atoms with van der Waals surface area (Å²) in [6.45, 7) is 0. The van der Waals surface area contributed by atoms with E-state index in [0.29, 0.717) is 0 Å². The zero-order valence-corrected chi connectivity index (χ0v) is 26.3. The van der Waals surface area contributed by atoms with Crippen molar-refractivity contribution < 1.29 is 4.74 Å². The van der Waals surface area contributed by atoms with Gasteiger partial charge in [-0.2, -0.15) is 0 Å². The van der Waals surface area contributed by atoms with Gasteiger partial charge in [0.25, 0.3) is 0 Å². The second kappa shape index (κ2) is 11.8. The Hall–Kier alpha value is -6.38. The number of nitrogens with zero attached hydrogens (tertiary/aromatic N) is 1. The summed E-state index contributed by atoms with van der Waals surface area (Å²) in [5, 5.41) is 2.27. The molecule has 1 aliphatic rings. The van der Waals surface area contributed by atoms with Gasteiger partial charge in [-0.05, 0) is 92.9 Å². The first-order valence-electron chi connectivity index (χ1n) is 16.3. The molecular formula is C46H31NO. The molecule has 0 N–H and O–H groups in total. The predicted octanol–water partition coefficient (Wildman–Crippen LogP) is 13.1. The summed E-state index contributed by atoms with van der Waals surface area (Å²) in [5.41, 5.74) is 12.7. The fourth-order valence-electron chi connectivity index (χ4n) is 6.97. The van der Waals surface area contributed by atoms with Gasteiger partial charge in [0.15, 0.2) is 0 Å². The maximum atomic E-state index is 6.58. The third-order valence-electron chi connectivity index (χ3n) is 9.25. The molecule has 0 aliphatic carbocycles. The molecule has 1 heterocycles. The quantitative estimate of drug-likeness (QED) is 0.185. The first kappa shape index (κ1) is 27.9. The minimum absolute atomic E-state index is 0.875. The second-order valence-corrected chi connectivity index (χ2v) is 12.2. The fourth-order valence-corrected chi connectivity index (χ4v) is 6.97. The summed E-state index contributed by atoms with van der Waals surface area (Å²) in [5.74, 6) is 1.76. The zero-order chi connectivity index (χ0) is 31.9. The Kier molecular flexibility index (Phi) is 6.84. The molecular weight excluding hydrogens is 583 g/mol. The highest BCUT2D eigenvalue weighted by atomic mass is 16.5. The van der Waals surface area contributed by atoms with E-state index in [2.05, 4.69) is 193 Å². The lowest BCUT2D eigenvalue weighted by atomic mass is 9.88. The van der Waals surface area contributed by atoms with Gasteiger partial charge in [0.05, 0.1) is 0 Å². The molecule has 8 aromatic carbocycles. The van der Waals surface area contributed by atoms with Gasteiger partial charge in [-0.1, -0.05) is 140 Å². The van der Waals surface area contributed by atoms with Gasteiger partial charge in [0.2, 0.25) is 0 Å². The topological polar surface area (TPSA) is 12.5 Å². The molecule has 1 aliphatic heterocycles. The summed E-state index contributed by atoms with van der Waals surface area (Å²) < 4.78 is 6.58. The third kappa shape index (κ3) is 4.92. The van der Waals surface area contributed by atoms with Gasteiger partial charge in [0.1, 0.15) is 11.5 Å². The van der Waals surface area contributed by atoms with Gasteiger partial charge in [-0.25, -0.2) is 0 Å². The van der Waals surface area contributed by atoms with Crippen LogP contribution in [0, 0.1) is 0 Å². The number of hydrogen-bond acceptors (Lipinski definition) is 2. The van der Waals surface area contributed by atoms with Crippen LogP contribution in [0.5, 0.6) is 11.5 Å². The summed E-state index contributed by atoms with van der Waals surface area (Å²) in [4.78, 5) is 2.37. The highest BCUT2D eigenvalue weighted by Gasteiger charge is 2.25. The molecule has 0 atom stereocenters. The minimum atomic E-state index is 0.875. The summed E-state index contributed by atoms with van der Waals surface area (Å²) in [6.07, 6.45) is 0. The summed E-state index contributed by atoms with van der Waals surface area (Å²) in [7, 11) is 0. The van der Waals surface area contributed by atoms with Crippen molar-refractivity contribution in [2.45, 2.75) is 0 Å². The van der Waals surface area contributed by atoms with Crippen LogP contribution in [0.15, 0.2) is 188 Å². The van der Waals surface area contributed by atoms with Gasteiger partial charge in [-0.15, -0.1) is 0 Å². The van der Waals surface area contributed by atoms with Crippen molar-refractivity contribution in [3.8, 4) is 56.0 Å². The van der Waals surface area contributed by atoms with Gasteiger partial charge < -0.3 is 9.64 Å². The van der Waals surface area contributed by atoms with Crippen molar-refractivity contribution in [3.05, 3.63) is 188 Å². The Morgan fingerprint density at radius 2 is 0.833 bits per heavy atom. The van der Waals surface area contributed by atoms with Crippen LogP contribution in [0.2, 0.25) is 0 Å². The Morgan fingerprint density at radius 3 is 1.42 bits per heavy atom. The maximum absolute atomic E-state index is 6.58. The van der Waals surface area contributed by atoms with Crippen LogP contribution in [0.25, 0.3) is 55.3 Å². The Bertz CT molecular complexity index is 2300. The monoisotopic (exact) mass is 613 g/mol. The first-order chi connectivity index (χ1) is 23.8. The van der Waals surface area contributed by atoms with E-state index in [9.17, 15) is 0 Å². The van der Waals surface area contributed by atoms with E-state index in [-0.39, 0.29) is 0 Å². The van der Waals surface area contributed by atoms with E-state index in [1.165, 1.54) is 33.4 Å². The second-order valence-electron chi connectivity index (χ2n) is 12.2. The van der Waals surface area contributed by atoms with Crippen molar-refractivity contribution in [1.29, 1.82) is 0 Å². The number of rotatable bonds is 6. The lowest BCUT2D eigenvalue weighted by Crippen LogP contribution is -2.11. The molecule has 0 amide bonds. The lowest BCUT2D eigenvalue weighted by Gasteiger charge is -2.29. The lowest BCUT2D eigenvalue weighted by molar-refractivity contribution is 0.487. The SMILES string of the molecule is c1ccc(-c2ccc(N(c3ccc(-c4ccccc4)cc3)c3cc4c5c(cccc5c3)Oc3cccc(-c5ccccc5)c3-4)cc2)cc1. The van der Waals surface area contributed by atoms with Crippen LogP contribution in [-0.4, -0.2) is 0 Å². The van der Waals surface area contributed by atoms with E-state index in [1.807, 2.05) is 0 Å². The average Bonchev–Trinajstić information content (AvgIpc) is 3.16. The molecule has 0 fully saturated rings. The standard InChI is InChI=1S/C46H31NO/c1-4-12-32(13-5-1)34-22-26-38(27-23-34)47(39-28-24-35(25-29-39)33-14-6-2-7-15-33)40-30-37-18-10-20-43-45(37)42(31-40)46-41(19-11-21-44(46)48-43)36-16-8-3-9-17-36/h1-31H. The Labute approximate surface area is 280 Å². The molecule has 0 unspecified atom stereocenters. The normalized spacial score (nSPS) is 11.5. The molecule has 0 saturated carbocycles. The first-order valence-corrected chi connectivity index (χ1v) is 16.3. The van der Waals surface area contributed by atoms with Crippen molar-refractivity contribution in [1.82, 2.24) is 0 Å². The Balaban J connectivity index is 1.25. The number of ether oxygens (including phenoxy) is 1. The van der Waals surface area contributed by atoms with Crippen molar-refractivity contribution in [2.24, 2.45) is 0 Å². The molecule has 0 aromatic heterocycles. The zero-order valence-electron chi connectivity index (χ0n) is 26.3. The molecule has 2 heteroatoms. The van der Waals surface area contributed by atoms with Gasteiger partial charge in [0, 0.05) is 28.0 Å². The molecule has 0 radical (unpaired) electrons. The molecule has 48 heavy (non-hydrogen) atoms. The van der Waals surface area contributed by atoms with Crippen LogP contribution in [-0.2, 0) is 0 Å². The third-order valence-corrected chi connectivity index (χ3v) is 9.25. The van der Waals surface area contributed by atoms with Gasteiger partial charge in [-0.3, -0.25) is 0 Å². The van der Waals surface area contributed by atoms with E-state index in [1.54, 1.807) is 0 Å². The molecule has 9 rings (SSSR count). The maximum Gasteiger partial charge on any atom is 0.135 e. The van der Waals surface area contributed by atoms with E-state index in [4.69, 9.17) is 4.74 Å². The van der Waals surface area contributed by atoms with Crippen LogP contribution in [0.3, 0.4) is 0 Å². The molecule has 0 saturated heterocycles. The van der Waals surface area contributed by atoms with E-state index >= 15 is 0 Å². The van der Waals surface area contributed by atoms with Crippen LogP contribution in [0.4, 0.5) is 17.1 Å². The molecule has 2 nitrogen and oxygen atoms in total. The molecule has 0 bridgehead atoms. The summed E-state index contributed by atoms with van der Waals surface area (Å²) >= 11 is 0. The number of anilines is 3. The van der Waals surface area contributed by atoms with Crippen LogP contribution >= 0.6 is 0 Å². The number of hydrogen-bond donors (Lipinski definition) is 0. The van der Waals surface area contributed by atoms with Crippen molar-refractivity contribution >= 4 is 27.8 Å². The summed E-state index contributed by atoms with van der Waals surface area (Å²) in [6, 6.07) is 66.8. The highest BCUT2D eigenvalue weighted by molar-refractivity contribution is 6.09. The largest absolute Gasteiger partial charge is 0.456 e. The van der Waals surface area contributed by atoms with Crippen molar-refractivity contribution in [2.75, 3.05) is 4.90 Å². The van der Waals surface area contributed by atoms with Crippen molar-refractivity contribution in [3.63, 3.8) is 0 Å². The number of fused-ring (bicyclic) bond motifs is 2. The Morgan fingerprint density at radius 1 is 0.333 bits per heavy atom. The molecule has 0 spiro atoms. The average molecular weight is 614 g/mol. The van der Waals surface area contributed by atoms with Crippen LogP contribution in [0.1, 0.15) is 0 Å². The predicted molar refractivity (Wildman–Crippen MR) is 200 cm³/mol. The smallest absolute Gasteiger partial charge is 0.135 e. The molecule has 226 valence electrons. The van der Waals surface area contributed by atoms with E-state index < -0.39 is 0 Å². The van der Waals surface area contributed by atoms with Gasteiger partial charge >= 0.3 is 0 Å². The molecule has 8 aromatic rings. The highest BCUT2D eigenvalue weighted by Crippen LogP contribution is 2.52. The minimum Gasteiger partial charge on any atom is -0.456 e. The van der Waals surface area contributed by atoms with E-state index in [0.717, 1.165) is 50.5 Å². The number of benzene rings is 8.